The molecule has 0 atom stereocenters. The summed E-state index contributed by atoms with van der Waals surface area (Å²) in [4.78, 5) is 17.9. The normalized spacial score (nSPS) is 10.7. The Hall–Kier alpha value is -2.89. The summed E-state index contributed by atoms with van der Waals surface area (Å²) in [6, 6.07) is 12.0. The molecular weight excluding hydrogens is 258 g/mol. The molecule has 20 heavy (non-hydrogen) atoms. The van der Waals surface area contributed by atoms with E-state index < -0.39 is 4.92 Å². The Morgan fingerprint density at radius 3 is 2.80 bits per heavy atom. The number of hydrogen-bond acceptors (Lipinski definition) is 4. The van der Waals surface area contributed by atoms with E-state index in [0.29, 0.717) is 17.1 Å². The molecule has 6 nitrogen and oxygen atoms in total. The van der Waals surface area contributed by atoms with Crippen molar-refractivity contribution in [2.24, 2.45) is 0 Å². The van der Waals surface area contributed by atoms with E-state index >= 15 is 0 Å². The van der Waals surface area contributed by atoms with Crippen LogP contribution in [0.3, 0.4) is 0 Å². The number of aromatic amines is 1. The van der Waals surface area contributed by atoms with Crippen LogP contribution in [0.25, 0.3) is 22.4 Å². The van der Waals surface area contributed by atoms with E-state index in [1.165, 1.54) is 12.1 Å². The zero-order chi connectivity index (χ0) is 14.1. The number of nitrogens with one attached hydrogen (secondary N) is 1. The highest BCUT2D eigenvalue weighted by atomic mass is 16.6. The van der Waals surface area contributed by atoms with Crippen LogP contribution in [-0.2, 0) is 0 Å². The van der Waals surface area contributed by atoms with Crippen LogP contribution in [0.4, 0.5) is 5.69 Å². The van der Waals surface area contributed by atoms with Gasteiger partial charge in [-0.15, -0.1) is 0 Å². The maximum absolute atomic E-state index is 10.8. The molecular formula is C14H11N3O3. The van der Waals surface area contributed by atoms with Crippen molar-refractivity contribution in [3.05, 3.63) is 52.6 Å². The second kappa shape index (κ2) is 4.65. The Morgan fingerprint density at radius 2 is 2.05 bits per heavy atom. The molecule has 2 aromatic carbocycles. The summed E-state index contributed by atoms with van der Waals surface area (Å²) in [5, 5.41) is 10.8. The molecule has 6 heteroatoms. The van der Waals surface area contributed by atoms with Crippen molar-refractivity contribution in [1.29, 1.82) is 0 Å². The Labute approximate surface area is 114 Å². The lowest BCUT2D eigenvalue weighted by Gasteiger charge is -2.04. The SMILES string of the molecule is COc1ccccc1-c1nc2cc([N+](=O)[O-])ccc2[nH]1. The summed E-state index contributed by atoms with van der Waals surface area (Å²) in [5.41, 5.74) is 2.14. The van der Waals surface area contributed by atoms with E-state index in [-0.39, 0.29) is 5.69 Å². The Kier molecular flexibility index (Phi) is 2.83. The van der Waals surface area contributed by atoms with Gasteiger partial charge in [0.15, 0.2) is 0 Å². The van der Waals surface area contributed by atoms with E-state index in [4.69, 9.17) is 4.74 Å². The molecule has 0 aliphatic heterocycles. The van der Waals surface area contributed by atoms with Gasteiger partial charge in [0.05, 0.1) is 28.6 Å². The molecule has 1 aromatic heterocycles. The first-order chi connectivity index (χ1) is 9.69. The van der Waals surface area contributed by atoms with Crippen molar-refractivity contribution >= 4 is 16.7 Å². The molecule has 0 unspecified atom stereocenters. The fraction of sp³-hybridized carbons (Fsp3) is 0.0714. The van der Waals surface area contributed by atoms with Gasteiger partial charge in [-0.2, -0.15) is 0 Å². The second-order valence-electron chi connectivity index (χ2n) is 4.24. The first-order valence-corrected chi connectivity index (χ1v) is 5.96. The molecule has 100 valence electrons. The highest BCUT2D eigenvalue weighted by Crippen LogP contribution is 2.29. The molecule has 0 amide bonds. The molecule has 3 aromatic rings. The van der Waals surface area contributed by atoms with Crippen LogP contribution < -0.4 is 4.74 Å². The lowest BCUT2D eigenvalue weighted by Crippen LogP contribution is -1.88. The zero-order valence-electron chi connectivity index (χ0n) is 10.7. The van der Waals surface area contributed by atoms with Gasteiger partial charge in [-0.25, -0.2) is 4.98 Å². The molecule has 3 rings (SSSR count). The number of imidazole rings is 1. The largest absolute Gasteiger partial charge is 0.496 e. The third kappa shape index (κ3) is 1.97. The number of hydrogen-bond donors (Lipinski definition) is 1. The highest BCUT2D eigenvalue weighted by molar-refractivity contribution is 5.82. The summed E-state index contributed by atoms with van der Waals surface area (Å²) in [5.74, 6) is 1.32. The maximum Gasteiger partial charge on any atom is 0.271 e. The van der Waals surface area contributed by atoms with Gasteiger partial charge in [-0.3, -0.25) is 10.1 Å². The van der Waals surface area contributed by atoms with E-state index in [9.17, 15) is 10.1 Å². The van der Waals surface area contributed by atoms with Gasteiger partial charge in [-0.1, -0.05) is 12.1 Å². The number of rotatable bonds is 3. The molecule has 1 heterocycles. The average molecular weight is 269 g/mol. The minimum atomic E-state index is -0.434. The molecule has 0 fully saturated rings. The van der Waals surface area contributed by atoms with Gasteiger partial charge in [0.25, 0.3) is 5.69 Å². The van der Waals surface area contributed by atoms with Gasteiger partial charge in [0.2, 0.25) is 0 Å². The molecule has 0 saturated carbocycles. The smallest absolute Gasteiger partial charge is 0.271 e. The lowest BCUT2D eigenvalue weighted by molar-refractivity contribution is -0.384. The van der Waals surface area contributed by atoms with Crippen molar-refractivity contribution in [3.8, 4) is 17.1 Å². The summed E-state index contributed by atoms with van der Waals surface area (Å²) in [7, 11) is 1.59. The van der Waals surface area contributed by atoms with Gasteiger partial charge in [-0.05, 0) is 18.2 Å². The van der Waals surface area contributed by atoms with E-state index in [1.807, 2.05) is 24.3 Å². The molecule has 0 spiro atoms. The molecule has 0 aliphatic carbocycles. The van der Waals surface area contributed by atoms with Gasteiger partial charge in [0.1, 0.15) is 11.6 Å². The number of nitro benzene ring substituents is 1. The fourth-order valence-corrected chi connectivity index (χ4v) is 2.08. The van der Waals surface area contributed by atoms with E-state index in [2.05, 4.69) is 9.97 Å². The summed E-state index contributed by atoms with van der Waals surface area (Å²) < 4.78 is 5.29. The quantitative estimate of drug-likeness (QED) is 0.585. The predicted molar refractivity (Wildman–Crippen MR) is 74.7 cm³/mol. The average Bonchev–Trinajstić information content (AvgIpc) is 2.89. The summed E-state index contributed by atoms with van der Waals surface area (Å²) in [6.45, 7) is 0. The number of aromatic nitrogens is 2. The zero-order valence-corrected chi connectivity index (χ0v) is 10.7. The number of fused-ring (bicyclic) bond motifs is 1. The number of H-pyrrole nitrogens is 1. The number of benzene rings is 2. The first kappa shape index (κ1) is 12.2. The molecule has 0 radical (unpaired) electrons. The number of methoxy groups -OCH3 is 1. The number of ether oxygens (including phenoxy) is 1. The minimum Gasteiger partial charge on any atom is -0.496 e. The predicted octanol–water partition coefficient (Wildman–Crippen LogP) is 3.15. The number of nitro groups is 1. The van der Waals surface area contributed by atoms with Gasteiger partial charge >= 0.3 is 0 Å². The summed E-state index contributed by atoms with van der Waals surface area (Å²) >= 11 is 0. The number of nitrogens with zero attached hydrogens (tertiary/aromatic N) is 2. The van der Waals surface area contributed by atoms with Crippen molar-refractivity contribution in [3.63, 3.8) is 0 Å². The first-order valence-electron chi connectivity index (χ1n) is 5.96. The maximum atomic E-state index is 10.8. The van der Waals surface area contributed by atoms with Crippen LogP contribution in [0.1, 0.15) is 0 Å². The van der Waals surface area contributed by atoms with Crippen molar-refractivity contribution in [2.45, 2.75) is 0 Å². The van der Waals surface area contributed by atoms with Crippen molar-refractivity contribution in [1.82, 2.24) is 9.97 Å². The second-order valence-corrected chi connectivity index (χ2v) is 4.24. The van der Waals surface area contributed by atoms with Crippen LogP contribution in [-0.4, -0.2) is 22.0 Å². The van der Waals surface area contributed by atoms with Crippen LogP contribution in [0, 0.1) is 10.1 Å². The fourth-order valence-electron chi connectivity index (χ4n) is 2.08. The van der Waals surface area contributed by atoms with Crippen molar-refractivity contribution < 1.29 is 9.66 Å². The minimum absolute atomic E-state index is 0.0237. The van der Waals surface area contributed by atoms with Gasteiger partial charge in [0, 0.05) is 12.1 Å². The third-order valence-corrected chi connectivity index (χ3v) is 3.04. The Bertz CT molecular complexity index is 795. The monoisotopic (exact) mass is 269 g/mol. The summed E-state index contributed by atoms with van der Waals surface area (Å²) in [6.07, 6.45) is 0. The van der Waals surface area contributed by atoms with Crippen LogP contribution in [0.15, 0.2) is 42.5 Å². The third-order valence-electron chi connectivity index (χ3n) is 3.04. The van der Waals surface area contributed by atoms with Crippen molar-refractivity contribution in [2.75, 3.05) is 7.11 Å². The Morgan fingerprint density at radius 1 is 1.25 bits per heavy atom. The van der Waals surface area contributed by atoms with E-state index in [0.717, 1.165) is 11.1 Å². The molecule has 0 bridgehead atoms. The lowest BCUT2D eigenvalue weighted by atomic mass is 10.2. The highest BCUT2D eigenvalue weighted by Gasteiger charge is 2.12. The van der Waals surface area contributed by atoms with E-state index in [1.54, 1.807) is 13.2 Å². The Balaban J connectivity index is 2.15. The molecule has 0 aliphatic rings. The van der Waals surface area contributed by atoms with Crippen LogP contribution >= 0.6 is 0 Å². The number of para-hydroxylation sites is 1. The van der Waals surface area contributed by atoms with Crippen LogP contribution in [0.5, 0.6) is 5.75 Å². The molecule has 1 N–H and O–H groups in total. The van der Waals surface area contributed by atoms with Gasteiger partial charge < -0.3 is 9.72 Å². The number of non-ortho nitro benzene ring substituents is 1. The van der Waals surface area contributed by atoms with Crippen LogP contribution in [0.2, 0.25) is 0 Å². The standard InChI is InChI=1S/C14H11N3O3/c1-20-13-5-3-2-4-10(13)14-15-11-7-6-9(17(18)19)8-12(11)16-14/h2-8H,1H3,(H,15,16). The molecule has 0 saturated heterocycles. The topological polar surface area (TPSA) is 81.1 Å².